The van der Waals surface area contributed by atoms with Crippen LogP contribution in [0.25, 0.3) is 0 Å². The molecule has 1 N–H and O–H groups in total. The van der Waals surface area contributed by atoms with Crippen molar-refractivity contribution in [3.63, 3.8) is 0 Å². The van der Waals surface area contributed by atoms with Crippen LogP contribution in [-0.2, 0) is 0 Å². The van der Waals surface area contributed by atoms with Crippen LogP contribution in [0.1, 0.15) is 23.2 Å². The van der Waals surface area contributed by atoms with Crippen molar-refractivity contribution in [2.45, 2.75) is 18.9 Å². The average molecular weight is 210 g/mol. The van der Waals surface area contributed by atoms with Crippen molar-refractivity contribution in [3.05, 3.63) is 23.8 Å². The lowest BCUT2D eigenvalue weighted by Gasteiger charge is -2.06. The Hall–Kier alpha value is -1.65. The highest BCUT2D eigenvalue weighted by atomic mass is 19.1. The molecule has 80 valence electrons. The number of carbonyl (C=O) groups excluding carboxylic acids is 1. The summed E-state index contributed by atoms with van der Waals surface area (Å²) in [6.45, 7) is 0. The molecule has 4 nitrogen and oxygen atoms in total. The Labute approximate surface area is 86.5 Å². The van der Waals surface area contributed by atoms with E-state index in [2.05, 4.69) is 10.3 Å². The molecule has 1 aliphatic carbocycles. The van der Waals surface area contributed by atoms with Crippen LogP contribution in [0, 0.1) is 5.95 Å². The minimum atomic E-state index is -0.672. The number of nitrogens with one attached hydrogen (secondary N) is 1. The van der Waals surface area contributed by atoms with E-state index in [1.807, 2.05) is 0 Å². The molecule has 2 rings (SSSR count). The molecule has 5 heteroatoms. The highest BCUT2D eigenvalue weighted by Crippen LogP contribution is 2.28. The number of rotatable bonds is 3. The zero-order chi connectivity index (χ0) is 10.8. The quantitative estimate of drug-likeness (QED) is 0.760. The largest absolute Gasteiger partial charge is 0.486 e. The third-order valence-corrected chi connectivity index (χ3v) is 2.11. The van der Waals surface area contributed by atoms with Crippen molar-refractivity contribution in [3.8, 4) is 5.75 Å². The van der Waals surface area contributed by atoms with E-state index in [-0.39, 0.29) is 17.8 Å². The lowest BCUT2D eigenvalue weighted by Crippen LogP contribution is -2.18. The van der Waals surface area contributed by atoms with Crippen LogP contribution in [0.2, 0.25) is 0 Å². The highest BCUT2D eigenvalue weighted by molar-refractivity contribution is 5.93. The predicted molar refractivity (Wildman–Crippen MR) is 51.2 cm³/mol. The number of ether oxygens (including phenoxy) is 1. The minimum absolute atomic E-state index is 0.0543. The zero-order valence-corrected chi connectivity index (χ0v) is 8.29. The average Bonchev–Trinajstić information content (AvgIpc) is 3.04. The normalized spacial score (nSPS) is 14.8. The van der Waals surface area contributed by atoms with E-state index in [4.69, 9.17) is 4.74 Å². The predicted octanol–water partition coefficient (Wildman–Crippen LogP) is 1.12. The molecular weight excluding hydrogens is 199 g/mol. The number of hydrogen-bond acceptors (Lipinski definition) is 3. The first kappa shape index (κ1) is 9.89. The van der Waals surface area contributed by atoms with E-state index >= 15 is 0 Å². The van der Waals surface area contributed by atoms with Crippen molar-refractivity contribution in [1.29, 1.82) is 0 Å². The lowest BCUT2D eigenvalue weighted by atomic mass is 10.2. The summed E-state index contributed by atoms with van der Waals surface area (Å²) in [6.07, 6.45) is 3.14. The fourth-order valence-corrected chi connectivity index (χ4v) is 1.14. The molecule has 0 spiro atoms. The van der Waals surface area contributed by atoms with Gasteiger partial charge in [0.25, 0.3) is 11.9 Å². The Morgan fingerprint density at radius 1 is 1.67 bits per heavy atom. The number of carbonyl (C=O) groups is 1. The lowest BCUT2D eigenvalue weighted by molar-refractivity contribution is 0.0962. The Kier molecular flexibility index (Phi) is 2.53. The third kappa shape index (κ3) is 2.23. The summed E-state index contributed by atoms with van der Waals surface area (Å²) in [5.74, 6) is -0.920. The summed E-state index contributed by atoms with van der Waals surface area (Å²) in [5, 5.41) is 2.44. The van der Waals surface area contributed by atoms with Gasteiger partial charge in [0.1, 0.15) is 0 Å². The van der Waals surface area contributed by atoms with Crippen molar-refractivity contribution >= 4 is 5.91 Å². The first-order chi connectivity index (χ1) is 7.20. The van der Waals surface area contributed by atoms with Crippen molar-refractivity contribution in [2.24, 2.45) is 0 Å². The maximum absolute atomic E-state index is 13.2. The molecule has 0 unspecified atom stereocenters. The van der Waals surface area contributed by atoms with E-state index in [1.165, 1.54) is 19.3 Å². The van der Waals surface area contributed by atoms with Gasteiger partial charge in [-0.1, -0.05) is 0 Å². The van der Waals surface area contributed by atoms with Gasteiger partial charge in [0.15, 0.2) is 5.75 Å². The van der Waals surface area contributed by atoms with Gasteiger partial charge in [0, 0.05) is 13.2 Å². The molecule has 0 atom stereocenters. The molecule has 1 heterocycles. The number of aromatic nitrogens is 1. The SMILES string of the molecule is CNC(=O)c1cnc(F)c(OC2CC2)c1. The molecule has 0 radical (unpaired) electrons. The standard InChI is InChI=1S/C10H11FN2O2/c1-12-10(14)6-4-8(9(11)13-5-6)15-7-2-3-7/h4-5,7H,2-3H2,1H3,(H,12,14). The zero-order valence-electron chi connectivity index (χ0n) is 8.29. The van der Waals surface area contributed by atoms with Crippen LogP contribution in [0.4, 0.5) is 4.39 Å². The van der Waals surface area contributed by atoms with E-state index in [0.29, 0.717) is 5.56 Å². The monoisotopic (exact) mass is 210 g/mol. The molecule has 0 aromatic carbocycles. The van der Waals surface area contributed by atoms with Crippen molar-refractivity contribution in [1.82, 2.24) is 10.3 Å². The maximum Gasteiger partial charge on any atom is 0.255 e. The number of pyridine rings is 1. The molecule has 1 aliphatic rings. The molecule has 0 aliphatic heterocycles. The van der Waals surface area contributed by atoms with Gasteiger partial charge in [-0.25, -0.2) is 4.98 Å². The van der Waals surface area contributed by atoms with Crippen LogP contribution in [0.5, 0.6) is 5.75 Å². The number of nitrogens with zero attached hydrogens (tertiary/aromatic N) is 1. The number of amides is 1. The summed E-state index contributed by atoms with van der Waals surface area (Å²) in [6, 6.07) is 1.37. The third-order valence-electron chi connectivity index (χ3n) is 2.11. The maximum atomic E-state index is 13.2. The Balaban J connectivity index is 2.22. The summed E-state index contributed by atoms with van der Waals surface area (Å²) in [5.41, 5.74) is 0.301. The van der Waals surface area contributed by atoms with E-state index in [0.717, 1.165) is 12.8 Å². The summed E-state index contributed by atoms with van der Waals surface area (Å²) < 4.78 is 18.4. The van der Waals surface area contributed by atoms with E-state index < -0.39 is 5.95 Å². The number of hydrogen-bond donors (Lipinski definition) is 1. The second-order valence-electron chi connectivity index (χ2n) is 3.41. The molecule has 1 amide bonds. The summed E-state index contributed by atoms with van der Waals surface area (Å²) in [4.78, 5) is 14.7. The second-order valence-corrected chi connectivity index (χ2v) is 3.41. The molecule has 1 aromatic heterocycles. The van der Waals surface area contributed by atoms with E-state index in [9.17, 15) is 9.18 Å². The first-order valence-electron chi connectivity index (χ1n) is 4.75. The fourth-order valence-electron chi connectivity index (χ4n) is 1.14. The summed E-state index contributed by atoms with van der Waals surface area (Å²) in [7, 11) is 1.51. The fraction of sp³-hybridized carbons (Fsp3) is 0.400. The number of halogens is 1. The molecule has 1 aromatic rings. The van der Waals surface area contributed by atoms with E-state index in [1.54, 1.807) is 0 Å². The van der Waals surface area contributed by atoms with Gasteiger partial charge in [-0.05, 0) is 18.9 Å². The minimum Gasteiger partial charge on any atom is -0.486 e. The topological polar surface area (TPSA) is 51.2 Å². The smallest absolute Gasteiger partial charge is 0.255 e. The van der Waals surface area contributed by atoms with Crippen LogP contribution in [-0.4, -0.2) is 24.0 Å². The highest BCUT2D eigenvalue weighted by Gasteiger charge is 2.25. The molecular formula is C10H11FN2O2. The van der Waals surface area contributed by atoms with Gasteiger partial charge < -0.3 is 10.1 Å². The van der Waals surface area contributed by atoms with Crippen LogP contribution < -0.4 is 10.1 Å². The van der Waals surface area contributed by atoms with Crippen LogP contribution in [0.3, 0.4) is 0 Å². The summed E-state index contributed by atoms with van der Waals surface area (Å²) >= 11 is 0. The first-order valence-corrected chi connectivity index (χ1v) is 4.75. The molecule has 1 saturated carbocycles. The molecule has 15 heavy (non-hydrogen) atoms. The van der Waals surface area contributed by atoms with Crippen molar-refractivity contribution in [2.75, 3.05) is 7.05 Å². The van der Waals surface area contributed by atoms with Gasteiger partial charge >= 0.3 is 0 Å². The van der Waals surface area contributed by atoms with Crippen LogP contribution >= 0.6 is 0 Å². The Morgan fingerprint density at radius 2 is 2.40 bits per heavy atom. The van der Waals surface area contributed by atoms with Gasteiger partial charge in [-0.15, -0.1) is 0 Å². The Morgan fingerprint density at radius 3 is 3.00 bits per heavy atom. The van der Waals surface area contributed by atoms with Gasteiger partial charge in [0.2, 0.25) is 0 Å². The van der Waals surface area contributed by atoms with Crippen molar-refractivity contribution < 1.29 is 13.9 Å². The molecule has 1 fully saturated rings. The van der Waals surface area contributed by atoms with Crippen LogP contribution in [0.15, 0.2) is 12.3 Å². The Bertz CT molecular complexity index is 391. The molecule has 0 saturated heterocycles. The van der Waals surface area contributed by atoms with Gasteiger partial charge in [0.05, 0.1) is 11.7 Å². The van der Waals surface area contributed by atoms with Gasteiger partial charge in [-0.2, -0.15) is 4.39 Å². The molecule has 0 bridgehead atoms. The second kappa shape index (κ2) is 3.84. The van der Waals surface area contributed by atoms with Gasteiger partial charge in [-0.3, -0.25) is 4.79 Å².